The summed E-state index contributed by atoms with van der Waals surface area (Å²) in [5.74, 6) is -1.55. The van der Waals surface area contributed by atoms with Crippen molar-refractivity contribution in [3.05, 3.63) is 88.9 Å². The molecule has 1 saturated carbocycles. The Kier molecular flexibility index (Phi) is 7.29. The molecule has 3 aromatic rings. The fourth-order valence-electron chi connectivity index (χ4n) is 5.47. The maximum Gasteiger partial charge on any atom is 0.303 e. The first-order valence-corrected chi connectivity index (χ1v) is 12.9. The number of carboxylic acid groups (broad SMARTS) is 1. The number of benzene rings is 3. The van der Waals surface area contributed by atoms with Crippen LogP contribution in [-0.2, 0) is 14.4 Å². The number of methoxy groups -OCH3 is 1. The molecule has 3 unspecified atom stereocenters. The van der Waals surface area contributed by atoms with Gasteiger partial charge in [0.1, 0.15) is 11.5 Å². The van der Waals surface area contributed by atoms with Crippen LogP contribution in [0.4, 0.5) is 11.4 Å². The molecule has 1 aliphatic carbocycles. The number of rotatable bonds is 6. The molecule has 0 radical (unpaired) electrons. The minimum absolute atomic E-state index is 0.0374. The van der Waals surface area contributed by atoms with E-state index in [1.807, 2.05) is 48.5 Å². The molecule has 1 fully saturated rings. The average molecular weight is 531 g/mol. The number of carboxylic acids is 1. The van der Waals surface area contributed by atoms with Crippen molar-refractivity contribution in [3.63, 3.8) is 0 Å². The number of fused-ring (bicyclic) bond motifs is 2. The quantitative estimate of drug-likeness (QED) is 0.413. The van der Waals surface area contributed by atoms with Crippen LogP contribution in [0.5, 0.6) is 5.75 Å². The van der Waals surface area contributed by atoms with Crippen LogP contribution in [0.15, 0.2) is 77.8 Å². The molecular weight excluding hydrogens is 504 g/mol. The molecule has 3 atom stereocenters. The number of ketones is 1. The number of para-hydroxylation sites is 2. The van der Waals surface area contributed by atoms with E-state index in [0.29, 0.717) is 34.1 Å². The summed E-state index contributed by atoms with van der Waals surface area (Å²) in [6, 6.07) is 21.3. The predicted molar refractivity (Wildman–Crippen MR) is 146 cm³/mol. The molecule has 7 nitrogen and oxygen atoms in total. The van der Waals surface area contributed by atoms with E-state index in [4.69, 9.17) is 21.3 Å². The lowest BCUT2D eigenvalue weighted by Gasteiger charge is -2.39. The molecule has 0 spiro atoms. The molecule has 0 aromatic heterocycles. The van der Waals surface area contributed by atoms with E-state index >= 15 is 0 Å². The minimum Gasteiger partial charge on any atom is -0.497 e. The van der Waals surface area contributed by atoms with E-state index in [9.17, 15) is 19.5 Å². The number of ether oxygens (including phenoxy) is 1. The zero-order valence-electron chi connectivity index (χ0n) is 20.8. The van der Waals surface area contributed by atoms with E-state index in [1.165, 1.54) is 0 Å². The van der Waals surface area contributed by atoms with Gasteiger partial charge in [0.05, 0.1) is 36.9 Å². The maximum absolute atomic E-state index is 14.0. The third kappa shape index (κ3) is 4.94. The van der Waals surface area contributed by atoms with Gasteiger partial charge in [0.15, 0.2) is 0 Å². The number of halogens is 1. The van der Waals surface area contributed by atoms with Gasteiger partial charge in [0.25, 0.3) is 0 Å². The summed E-state index contributed by atoms with van der Waals surface area (Å²) < 4.78 is 5.28. The third-order valence-corrected chi connectivity index (χ3v) is 7.58. The second kappa shape index (κ2) is 10.8. The number of hydrogen-bond donors (Lipinski definition) is 1. The summed E-state index contributed by atoms with van der Waals surface area (Å²) in [5, 5.41) is 9.69. The molecule has 3 aromatic carbocycles. The summed E-state index contributed by atoms with van der Waals surface area (Å²) in [4.78, 5) is 45.5. The Morgan fingerprint density at radius 1 is 1.00 bits per heavy atom. The molecule has 0 saturated heterocycles. The summed E-state index contributed by atoms with van der Waals surface area (Å²) in [7, 11) is 1.61. The first-order chi connectivity index (χ1) is 18.4. The Hall–Kier alpha value is -3.97. The largest absolute Gasteiger partial charge is 0.497 e. The van der Waals surface area contributed by atoms with E-state index in [-0.39, 0.29) is 31.0 Å². The van der Waals surface area contributed by atoms with Crippen LogP contribution < -0.4 is 9.64 Å². The van der Waals surface area contributed by atoms with Gasteiger partial charge in [-0.05, 0) is 53.8 Å². The highest BCUT2D eigenvalue weighted by Gasteiger charge is 2.46. The normalized spacial score (nSPS) is 20.6. The topological polar surface area (TPSA) is 96.3 Å². The fraction of sp³-hybridized carbons (Fsp3) is 0.267. The predicted octanol–water partition coefficient (Wildman–Crippen LogP) is 6.14. The van der Waals surface area contributed by atoms with Crippen LogP contribution in [0, 0.1) is 5.92 Å². The SMILES string of the molecule is COc1ccc(C2CC(=O)C3C(=Nc4ccccc4N(C(=O)CCC(=O)O)C3c3ccccc3Cl)C2)cc1. The lowest BCUT2D eigenvalue weighted by Crippen LogP contribution is -2.45. The summed E-state index contributed by atoms with van der Waals surface area (Å²) in [6.45, 7) is 0. The number of hydrogen-bond acceptors (Lipinski definition) is 5. The van der Waals surface area contributed by atoms with E-state index in [1.54, 1.807) is 36.3 Å². The van der Waals surface area contributed by atoms with Gasteiger partial charge in [0, 0.05) is 23.6 Å². The molecule has 1 N–H and O–H groups in total. The van der Waals surface area contributed by atoms with Crippen molar-refractivity contribution in [2.75, 3.05) is 12.0 Å². The van der Waals surface area contributed by atoms with Crippen molar-refractivity contribution in [1.29, 1.82) is 0 Å². The van der Waals surface area contributed by atoms with Gasteiger partial charge in [-0.25, -0.2) is 0 Å². The van der Waals surface area contributed by atoms with Crippen molar-refractivity contribution in [2.45, 2.75) is 37.6 Å². The standard InChI is InChI=1S/C30H27ClN2O5/c1-38-20-12-10-18(11-13-20)19-16-24-29(26(34)17-19)30(21-6-2-3-7-22(21)31)33(27(35)14-15-28(36)37)25-9-5-4-8-23(25)32-24/h2-13,19,29-30H,14-17H2,1H3,(H,36,37). The zero-order chi connectivity index (χ0) is 26.8. The average Bonchev–Trinajstić information content (AvgIpc) is 3.06. The molecule has 1 heterocycles. The van der Waals surface area contributed by atoms with E-state index in [2.05, 4.69) is 0 Å². The molecule has 5 rings (SSSR count). The summed E-state index contributed by atoms with van der Waals surface area (Å²) >= 11 is 6.67. The number of anilines is 1. The highest BCUT2D eigenvalue weighted by Crippen LogP contribution is 2.48. The van der Waals surface area contributed by atoms with Gasteiger partial charge < -0.3 is 14.7 Å². The first kappa shape index (κ1) is 25.7. The fourth-order valence-corrected chi connectivity index (χ4v) is 5.71. The van der Waals surface area contributed by atoms with Crippen molar-refractivity contribution in [1.82, 2.24) is 0 Å². The zero-order valence-corrected chi connectivity index (χ0v) is 21.6. The molecule has 2 aliphatic rings. The lowest BCUT2D eigenvalue weighted by molar-refractivity contribution is -0.138. The maximum atomic E-state index is 14.0. The molecule has 8 heteroatoms. The first-order valence-electron chi connectivity index (χ1n) is 12.5. The lowest BCUT2D eigenvalue weighted by atomic mass is 9.72. The number of carbonyl (C=O) groups is 3. The molecule has 1 aliphatic heterocycles. The Labute approximate surface area is 225 Å². The molecular formula is C30H27ClN2O5. The second-order valence-corrected chi connectivity index (χ2v) is 9.95. The van der Waals surface area contributed by atoms with Crippen molar-refractivity contribution in [3.8, 4) is 5.75 Å². The van der Waals surface area contributed by atoms with Crippen LogP contribution in [0.1, 0.15) is 48.8 Å². The number of nitrogens with zero attached hydrogens (tertiary/aromatic N) is 2. The Morgan fingerprint density at radius 3 is 2.42 bits per heavy atom. The van der Waals surface area contributed by atoms with E-state index in [0.717, 1.165) is 11.3 Å². The van der Waals surface area contributed by atoms with Gasteiger partial charge in [-0.3, -0.25) is 19.4 Å². The van der Waals surface area contributed by atoms with Crippen LogP contribution in [0.2, 0.25) is 5.02 Å². The number of Topliss-reactive ketones (excluding diaryl/α,β-unsaturated/α-hetero) is 1. The van der Waals surface area contributed by atoms with Crippen LogP contribution in [-0.4, -0.2) is 35.6 Å². The van der Waals surface area contributed by atoms with Crippen molar-refractivity contribution in [2.24, 2.45) is 10.9 Å². The smallest absolute Gasteiger partial charge is 0.303 e. The molecule has 38 heavy (non-hydrogen) atoms. The minimum atomic E-state index is -1.07. The third-order valence-electron chi connectivity index (χ3n) is 7.24. The summed E-state index contributed by atoms with van der Waals surface area (Å²) in [5.41, 5.74) is 3.43. The number of amides is 1. The van der Waals surface area contributed by atoms with Gasteiger partial charge in [-0.2, -0.15) is 0 Å². The van der Waals surface area contributed by atoms with E-state index < -0.39 is 23.8 Å². The Balaban J connectivity index is 1.64. The molecule has 194 valence electrons. The van der Waals surface area contributed by atoms with Gasteiger partial charge in [0.2, 0.25) is 5.91 Å². The molecule has 1 amide bonds. The number of aliphatic carboxylic acids is 1. The van der Waals surface area contributed by atoms with Gasteiger partial charge in [-0.15, -0.1) is 0 Å². The van der Waals surface area contributed by atoms with Crippen molar-refractivity contribution >= 4 is 46.3 Å². The Bertz CT molecular complexity index is 1420. The highest BCUT2D eigenvalue weighted by atomic mass is 35.5. The molecule has 0 bridgehead atoms. The Morgan fingerprint density at radius 2 is 1.71 bits per heavy atom. The van der Waals surface area contributed by atoms with Crippen molar-refractivity contribution < 1.29 is 24.2 Å². The number of carbonyl (C=O) groups excluding carboxylic acids is 2. The summed E-state index contributed by atoms with van der Waals surface area (Å²) in [6.07, 6.45) is 0.285. The van der Waals surface area contributed by atoms with Crippen LogP contribution >= 0.6 is 11.6 Å². The second-order valence-electron chi connectivity index (χ2n) is 9.54. The monoisotopic (exact) mass is 530 g/mol. The number of aliphatic imine (C=N–C) groups is 1. The van der Waals surface area contributed by atoms with Gasteiger partial charge >= 0.3 is 5.97 Å². The van der Waals surface area contributed by atoms with Gasteiger partial charge in [-0.1, -0.05) is 54.1 Å². The highest BCUT2D eigenvalue weighted by molar-refractivity contribution is 6.31. The van der Waals surface area contributed by atoms with Crippen LogP contribution in [0.25, 0.3) is 0 Å². The van der Waals surface area contributed by atoms with Crippen LogP contribution in [0.3, 0.4) is 0 Å².